The average molecular weight is 195 g/mol. The fourth-order valence-electron chi connectivity index (χ4n) is 1.12. The number of alkyl halides is 1. The van der Waals surface area contributed by atoms with E-state index < -0.39 is 6.67 Å². The molecule has 0 unspecified atom stereocenters. The van der Waals surface area contributed by atoms with Gasteiger partial charge in [-0.1, -0.05) is 24.3 Å². The lowest BCUT2D eigenvalue weighted by Crippen LogP contribution is -2.23. The molecule has 3 nitrogen and oxygen atoms in total. The van der Waals surface area contributed by atoms with Gasteiger partial charge in [0, 0.05) is 13.1 Å². The molecule has 4 heteroatoms. The van der Waals surface area contributed by atoms with Crippen LogP contribution in [0.1, 0.15) is 11.1 Å². The second kappa shape index (κ2) is 5.34. The molecule has 0 saturated carbocycles. The Labute approximate surface area is 82.6 Å². The normalized spacial score (nSPS) is 9.86. The third-order valence-corrected chi connectivity index (χ3v) is 1.87. The first-order valence-electron chi connectivity index (χ1n) is 4.41. The van der Waals surface area contributed by atoms with Gasteiger partial charge in [0.1, 0.15) is 12.5 Å². The van der Waals surface area contributed by atoms with Gasteiger partial charge >= 0.3 is 0 Å². The highest BCUT2D eigenvalue weighted by atomic mass is 19.1. The third kappa shape index (κ3) is 3.14. The van der Waals surface area contributed by atoms with E-state index in [4.69, 9.17) is 11.1 Å². The predicted octanol–water partition coefficient (Wildman–Crippen LogP) is 1.18. The number of nitrogens with one attached hydrogen (secondary N) is 2. The van der Waals surface area contributed by atoms with Crippen molar-refractivity contribution in [3.05, 3.63) is 35.4 Å². The van der Waals surface area contributed by atoms with E-state index >= 15 is 0 Å². The number of halogens is 1. The molecular formula is C10H14FN3. The number of hydrogen-bond acceptors (Lipinski definition) is 2. The molecule has 1 aromatic carbocycles. The van der Waals surface area contributed by atoms with Crippen molar-refractivity contribution < 1.29 is 4.39 Å². The minimum atomic E-state index is -0.753. The average Bonchev–Trinajstić information content (AvgIpc) is 2.26. The Bertz CT molecular complexity index is 312. The second-order valence-electron chi connectivity index (χ2n) is 2.99. The van der Waals surface area contributed by atoms with Crippen LogP contribution in [0, 0.1) is 5.41 Å². The van der Waals surface area contributed by atoms with Crippen molar-refractivity contribution >= 4 is 5.84 Å². The molecule has 0 radical (unpaired) electrons. The van der Waals surface area contributed by atoms with Crippen molar-refractivity contribution in [1.29, 1.82) is 5.41 Å². The number of rotatable bonds is 4. The molecule has 0 saturated heterocycles. The molecule has 4 N–H and O–H groups in total. The molecule has 0 heterocycles. The summed E-state index contributed by atoms with van der Waals surface area (Å²) in [5.74, 6) is -0.0943. The molecule has 1 rings (SSSR count). The van der Waals surface area contributed by atoms with Crippen LogP contribution in [-0.4, -0.2) is 12.5 Å². The van der Waals surface area contributed by atoms with Crippen molar-refractivity contribution in [3.63, 3.8) is 0 Å². The van der Waals surface area contributed by atoms with Gasteiger partial charge in [-0.15, -0.1) is 0 Å². The van der Waals surface area contributed by atoms with E-state index in [1.54, 1.807) is 0 Å². The smallest absolute Gasteiger partial charge is 0.146 e. The summed E-state index contributed by atoms with van der Waals surface area (Å²) in [5, 5.41) is 9.74. The topological polar surface area (TPSA) is 61.9 Å². The minimum absolute atomic E-state index is 0.0943. The Morgan fingerprint density at radius 1 is 1.43 bits per heavy atom. The molecule has 0 bridgehead atoms. The van der Waals surface area contributed by atoms with Crippen LogP contribution in [0.25, 0.3) is 0 Å². The van der Waals surface area contributed by atoms with Crippen LogP contribution < -0.4 is 11.1 Å². The molecular weight excluding hydrogens is 181 g/mol. The maximum Gasteiger partial charge on any atom is 0.146 e. The SMILES string of the molecule is N=C(CF)NCc1cccc(CN)c1. The zero-order valence-corrected chi connectivity index (χ0v) is 7.89. The highest BCUT2D eigenvalue weighted by molar-refractivity contribution is 5.79. The molecule has 0 amide bonds. The Kier molecular flexibility index (Phi) is 4.07. The highest BCUT2D eigenvalue weighted by Gasteiger charge is 1.96. The van der Waals surface area contributed by atoms with Crippen molar-refractivity contribution in [2.24, 2.45) is 5.73 Å². The zero-order chi connectivity index (χ0) is 10.4. The minimum Gasteiger partial charge on any atom is -0.368 e. The fourth-order valence-corrected chi connectivity index (χ4v) is 1.12. The molecule has 76 valence electrons. The van der Waals surface area contributed by atoms with Crippen LogP contribution in [0.4, 0.5) is 4.39 Å². The zero-order valence-electron chi connectivity index (χ0n) is 7.89. The lowest BCUT2D eigenvalue weighted by molar-refractivity contribution is 0.567. The Morgan fingerprint density at radius 3 is 2.79 bits per heavy atom. The lowest BCUT2D eigenvalue weighted by Gasteiger charge is -2.06. The molecule has 0 aliphatic heterocycles. The molecule has 0 aliphatic carbocycles. The number of benzene rings is 1. The summed E-state index contributed by atoms with van der Waals surface area (Å²) >= 11 is 0. The summed E-state index contributed by atoms with van der Waals surface area (Å²) in [6.07, 6.45) is 0. The van der Waals surface area contributed by atoms with Gasteiger partial charge < -0.3 is 11.1 Å². The van der Waals surface area contributed by atoms with E-state index in [0.717, 1.165) is 11.1 Å². The van der Waals surface area contributed by atoms with Crippen LogP contribution in [0.2, 0.25) is 0 Å². The number of amidine groups is 1. The molecule has 0 spiro atoms. The third-order valence-electron chi connectivity index (χ3n) is 1.87. The van der Waals surface area contributed by atoms with Crippen molar-refractivity contribution in [1.82, 2.24) is 5.32 Å². The van der Waals surface area contributed by atoms with E-state index in [-0.39, 0.29) is 5.84 Å². The van der Waals surface area contributed by atoms with E-state index in [2.05, 4.69) is 5.32 Å². The van der Waals surface area contributed by atoms with Crippen LogP contribution >= 0.6 is 0 Å². The standard InChI is InChI=1S/C10H14FN3/c11-5-10(13)14-7-9-3-1-2-8(4-9)6-12/h1-4H,5-7,12H2,(H2,13,14). The van der Waals surface area contributed by atoms with Crippen LogP contribution in [0.3, 0.4) is 0 Å². The van der Waals surface area contributed by atoms with Gasteiger partial charge in [0.15, 0.2) is 0 Å². The maximum atomic E-state index is 11.9. The monoisotopic (exact) mass is 195 g/mol. The Hall–Kier alpha value is -1.42. The fraction of sp³-hybridized carbons (Fsp3) is 0.300. The summed E-state index contributed by atoms with van der Waals surface area (Å²) in [4.78, 5) is 0. The van der Waals surface area contributed by atoms with Crippen molar-refractivity contribution in [3.8, 4) is 0 Å². The van der Waals surface area contributed by atoms with Crippen LogP contribution in [0.15, 0.2) is 24.3 Å². The van der Waals surface area contributed by atoms with Crippen molar-refractivity contribution in [2.75, 3.05) is 6.67 Å². The van der Waals surface area contributed by atoms with Gasteiger partial charge in [-0.25, -0.2) is 4.39 Å². The first-order chi connectivity index (χ1) is 6.76. The van der Waals surface area contributed by atoms with Gasteiger partial charge in [-0.05, 0) is 11.1 Å². The number of nitrogens with two attached hydrogens (primary N) is 1. The Morgan fingerprint density at radius 2 is 2.14 bits per heavy atom. The van der Waals surface area contributed by atoms with Gasteiger partial charge in [-0.3, -0.25) is 5.41 Å². The summed E-state index contributed by atoms with van der Waals surface area (Å²) in [6, 6.07) is 7.69. The van der Waals surface area contributed by atoms with Gasteiger partial charge in [0.05, 0.1) is 0 Å². The van der Waals surface area contributed by atoms with Gasteiger partial charge in [0.2, 0.25) is 0 Å². The quantitative estimate of drug-likeness (QED) is 0.499. The lowest BCUT2D eigenvalue weighted by atomic mass is 10.1. The molecule has 0 fully saturated rings. The first kappa shape index (κ1) is 10.7. The van der Waals surface area contributed by atoms with Gasteiger partial charge in [-0.2, -0.15) is 0 Å². The van der Waals surface area contributed by atoms with E-state index in [0.29, 0.717) is 13.1 Å². The van der Waals surface area contributed by atoms with E-state index in [9.17, 15) is 4.39 Å². The van der Waals surface area contributed by atoms with Crippen LogP contribution in [-0.2, 0) is 13.1 Å². The first-order valence-corrected chi connectivity index (χ1v) is 4.41. The molecule has 14 heavy (non-hydrogen) atoms. The molecule has 0 aromatic heterocycles. The molecule has 0 atom stereocenters. The number of hydrogen-bond donors (Lipinski definition) is 3. The summed E-state index contributed by atoms with van der Waals surface area (Å²) < 4.78 is 11.9. The summed E-state index contributed by atoms with van der Waals surface area (Å²) in [7, 11) is 0. The predicted molar refractivity (Wildman–Crippen MR) is 54.9 cm³/mol. The second-order valence-corrected chi connectivity index (χ2v) is 2.99. The van der Waals surface area contributed by atoms with E-state index in [1.807, 2.05) is 24.3 Å². The largest absolute Gasteiger partial charge is 0.368 e. The Balaban J connectivity index is 2.54. The molecule has 1 aromatic rings. The molecule has 0 aliphatic rings. The van der Waals surface area contributed by atoms with Crippen molar-refractivity contribution in [2.45, 2.75) is 13.1 Å². The van der Waals surface area contributed by atoms with E-state index in [1.165, 1.54) is 0 Å². The maximum absolute atomic E-state index is 11.9. The van der Waals surface area contributed by atoms with Crippen LogP contribution in [0.5, 0.6) is 0 Å². The van der Waals surface area contributed by atoms with Gasteiger partial charge in [0.25, 0.3) is 0 Å². The summed E-state index contributed by atoms with van der Waals surface area (Å²) in [6.45, 7) is 0.210. The summed E-state index contributed by atoms with van der Waals surface area (Å²) in [5.41, 5.74) is 7.52. The highest BCUT2D eigenvalue weighted by Crippen LogP contribution is 2.03.